The smallest absolute Gasteiger partial charge is 0.306 e. The Morgan fingerprint density at radius 2 is 1.67 bits per heavy atom. The zero-order valence-corrected chi connectivity index (χ0v) is 12.1. The predicted molar refractivity (Wildman–Crippen MR) is 84.9 cm³/mol. The molecule has 0 amide bonds. The lowest BCUT2D eigenvalue weighted by atomic mass is 10.1. The summed E-state index contributed by atoms with van der Waals surface area (Å²) in [6, 6.07) is 17.8. The molecule has 0 aliphatic heterocycles. The van der Waals surface area contributed by atoms with E-state index in [1.54, 1.807) is 0 Å². The molecule has 2 aromatic rings. The molecule has 110 valence electrons. The van der Waals surface area contributed by atoms with E-state index >= 15 is 0 Å². The molecular weight excluding hydrogens is 262 g/mol. The molecule has 0 atom stereocenters. The molecule has 0 heterocycles. The fraction of sp³-hybridized carbons (Fsp3) is 0.278. The lowest BCUT2D eigenvalue weighted by Gasteiger charge is -2.06. The second kappa shape index (κ2) is 8.10. The van der Waals surface area contributed by atoms with E-state index in [1.165, 1.54) is 5.56 Å². The van der Waals surface area contributed by atoms with Gasteiger partial charge in [-0.2, -0.15) is 0 Å². The Bertz CT molecular complexity index is 566. The van der Waals surface area contributed by atoms with Crippen LogP contribution in [0.25, 0.3) is 0 Å². The number of carbonyl (C=O) groups is 1. The van der Waals surface area contributed by atoms with Gasteiger partial charge in [0.2, 0.25) is 0 Å². The number of aryl methyl sites for hydroxylation is 2. The van der Waals surface area contributed by atoms with Crippen molar-refractivity contribution in [3.8, 4) is 0 Å². The molecule has 0 aromatic heterocycles. The zero-order valence-electron chi connectivity index (χ0n) is 12.1. The molecule has 0 aliphatic rings. The molecule has 2 aromatic carbocycles. The molecular formula is C18H21NO2. The number of benzene rings is 2. The predicted octanol–water partition coefficient (Wildman–Crippen LogP) is 3.38. The third kappa shape index (κ3) is 5.30. The summed E-state index contributed by atoms with van der Waals surface area (Å²) in [5, 5.41) is 0. The maximum Gasteiger partial charge on any atom is 0.306 e. The summed E-state index contributed by atoms with van der Waals surface area (Å²) in [6.07, 6.45) is 2.78. The highest BCUT2D eigenvalue weighted by molar-refractivity contribution is 5.70. The number of hydrogen-bond donors (Lipinski definition) is 1. The summed E-state index contributed by atoms with van der Waals surface area (Å²) < 4.78 is 5.25. The first kappa shape index (κ1) is 15.1. The van der Waals surface area contributed by atoms with Gasteiger partial charge in [-0.3, -0.25) is 4.79 Å². The second-order valence-corrected chi connectivity index (χ2v) is 5.01. The van der Waals surface area contributed by atoms with Crippen LogP contribution in [0.15, 0.2) is 54.6 Å². The van der Waals surface area contributed by atoms with Crippen molar-refractivity contribution in [2.45, 2.75) is 25.7 Å². The molecule has 0 fully saturated rings. The van der Waals surface area contributed by atoms with Gasteiger partial charge in [0.25, 0.3) is 0 Å². The number of rotatable bonds is 7. The highest BCUT2D eigenvalue weighted by atomic mass is 16.5. The third-order valence-electron chi connectivity index (χ3n) is 3.37. The van der Waals surface area contributed by atoms with Crippen molar-refractivity contribution in [2.75, 3.05) is 12.3 Å². The lowest BCUT2D eigenvalue weighted by Crippen LogP contribution is -2.08. The zero-order chi connectivity index (χ0) is 14.9. The maximum atomic E-state index is 11.7. The minimum absolute atomic E-state index is 0.161. The molecule has 21 heavy (non-hydrogen) atoms. The third-order valence-corrected chi connectivity index (χ3v) is 3.37. The number of anilines is 1. The van der Waals surface area contributed by atoms with Crippen LogP contribution in [0.2, 0.25) is 0 Å². The lowest BCUT2D eigenvalue weighted by molar-refractivity contribution is -0.143. The Balaban J connectivity index is 1.63. The van der Waals surface area contributed by atoms with Crippen molar-refractivity contribution in [2.24, 2.45) is 0 Å². The summed E-state index contributed by atoms with van der Waals surface area (Å²) in [5.74, 6) is -0.161. The van der Waals surface area contributed by atoms with Gasteiger partial charge in [-0.15, -0.1) is 0 Å². The first-order valence-electron chi connectivity index (χ1n) is 7.28. The number of carbonyl (C=O) groups excluding carboxylic acids is 1. The molecule has 0 saturated carbocycles. The van der Waals surface area contributed by atoms with Crippen LogP contribution in [0.5, 0.6) is 0 Å². The molecule has 2 rings (SSSR count). The Kier molecular flexibility index (Phi) is 5.83. The van der Waals surface area contributed by atoms with Crippen molar-refractivity contribution >= 4 is 11.7 Å². The first-order valence-corrected chi connectivity index (χ1v) is 7.28. The van der Waals surface area contributed by atoms with Gasteiger partial charge in [0.15, 0.2) is 0 Å². The fourth-order valence-corrected chi connectivity index (χ4v) is 2.18. The summed E-state index contributed by atoms with van der Waals surface area (Å²) in [6.45, 7) is 0.470. The quantitative estimate of drug-likeness (QED) is 0.481. The van der Waals surface area contributed by atoms with Crippen molar-refractivity contribution in [1.82, 2.24) is 0 Å². The standard InChI is InChI=1S/C18H21NO2/c19-17-11-5-4-10-16(17)12-13-18(20)21-14-6-9-15-7-2-1-3-8-15/h1-5,7-8,10-11H,6,9,12-14,19H2. The highest BCUT2D eigenvalue weighted by Gasteiger charge is 2.05. The largest absolute Gasteiger partial charge is 0.466 e. The SMILES string of the molecule is Nc1ccccc1CCC(=O)OCCCc1ccccc1. The van der Waals surface area contributed by atoms with Crippen LogP contribution < -0.4 is 5.73 Å². The maximum absolute atomic E-state index is 11.7. The van der Waals surface area contributed by atoms with E-state index in [0.29, 0.717) is 19.4 Å². The van der Waals surface area contributed by atoms with Crippen LogP contribution in [0.4, 0.5) is 5.69 Å². The fourth-order valence-electron chi connectivity index (χ4n) is 2.18. The number of para-hydroxylation sites is 1. The topological polar surface area (TPSA) is 52.3 Å². The normalized spacial score (nSPS) is 10.3. The van der Waals surface area contributed by atoms with Gasteiger partial charge in [-0.05, 0) is 36.5 Å². The number of nitrogen functional groups attached to an aromatic ring is 1. The molecule has 0 spiro atoms. The summed E-state index contributed by atoms with van der Waals surface area (Å²) in [4.78, 5) is 11.7. The van der Waals surface area contributed by atoms with Crippen molar-refractivity contribution < 1.29 is 9.53 Å². The van der Waals surface area contributed by atoms with E-state index in [2.05, 4.69) is 12.1 Å². The van der Waals surface area contributed by atoms with Gasteiger partial charge in [0.05, 0.1) is 6.61 Å². The van der Waals surface area contributed by atoms with E-state index in [0.717, 1.165) is 24.1 Å². The van der Waals surface area contributed by atoms with Gasteiger partial charge in [-0.25, -0.2) is 0 Å². The van der Waals surface area contributed by atoms with E-state index in [1.807, 2.05) is 42.5 Å². The van der Waals surface area contributed by atoms with Crippen LogP contribution in [0.1, 0.15) is 24.0 Å². The molecule has 0 radical (unpaired) electrons. The summed E-state index contributed by atoms with van der Waals surface area (Å²) in [5.41, 5.74) is 8.84. The summed E-state index contributed by atoms with van der Waals surface area (Å²) in [7, 11) is 0. The molecule has 2 N–H and O–H groups in total. The van der Waals surface area contributed by atoms with Crippen molar-refractivity contribution in [3.05, 3.63) is 65.7 Å². The molecule has 3 nitrogen and oxygen atoms in total. The monoisotopic (exact) mass is 283 g/mol. The van der Waals surface area contributed by atoms with Gasteiger partial charge in [0.1, 0.15) is 0 Å². The van der Waals surface area contributed by atoms with E-state index in [9.17, 15) is 4.79 Å². The first-order chi connectivity index (χ1) is 10.3. The number of esters is 1. The highest BCUT2D eigenvalue weighted by Crippen LogP contribution is 2.13. The Hall–Kier alpha value is -2.29. The molecule has 0 aliphatic carbocycles. The van der Waals surface area contributed by atoms with Gasteiger partial charge < -0.3 is 10.5 Å². The molecule has 0 unspecified atom stereocenters. The number of nitrogens with two attached hydrogens (primary N) is 1. The average Bonchev–Trinajstić information content (AvgIpc) is 2.52. The summed E-state index contributed by atoms with van der Waals surface area (Å²) >= 11 is 0. The minimum Gasteiger partial charge on any atom is -0.466 e. The Morgan fingerprint density at radius 3 is 2.43 bits per heavy atom. The van der Waals surface area contributed by atoms with Crippen molar-refractivity contribution in [1.29, 1.82) is 0 Å². The van der Waals surface area contributed by atoms with E-state index in [4.69, 9.17) is 10.5 Å². The molecule has 0 saturated heterocycles. The van der Waals surface area contributed by atoms with E-state index in [-0.39, 0.29) is 5.97 Å². The van der Waals surface area contributed by atoms with E-state index < -0.39 is 0 Å². The van der Waals surface area contributed by atoms with Crippen LogP contribution in [-0.4, -0.2) is 12.6 Å². The molecule has 3 heteroatoms. The van der Waals surface area contributed by atoms with Crippen LogP contribution in [0, 0.1) is 0 Å². The number of ether oxygens (including phenoxy) is 1. The number of hydrogen-bond acceptors (Lipinski definition) is 3. The van der Waals surface area contributed by atoms with Crippen molar-refractivity contribution in [3.63, 3.8) is 0 Å². The average molecular weight is 283 g/mol. The Morgan fingerprint density at radius 1 is 0.952 bits per heavy atom. The van der Waals surface area contributed by atoms with Gasteiger partial charge >= 0.3 is 5.97 Å². The van der Waals surface area contributed by atoms with Crippen LogP contribution >= 0.6 is 0 Å². The van der Waals surface area contributed by atoms with Gasteiger partial charge in [0, 0.05) is 12.1 Å². The minimum atomic E-state index is -0.161. The van der Waals surface area contributed by atoms with Crippen LogP contribution in [0.3, 0.4) is 0 Å². The van der Waals surface area contributed by atoms with Gasteiger partial charge in [-0.1, -0.05) is 48.5 Å². The second-order valence-electron chi connectivity index (χ2n) is 5.01. The molecule has 0 bridgehead atoms. The Labute approximate surface area is 125 Å². The van der Waals surface area contributed by atoms with Crippen LogP contribution in [-0.2, 0) is 22.4 Å².